The molecule has 0 aromatic heterocycles. The van der Waals surface area contributed by atoms with Gasteiger partial charge in [0.05, 0.1) is 0 Å². The highest BCUT2D eigenvalue weighted by molar-refractivity contribution is 5.92. The number of nitrogens with one attached hydrogen (secondary N) is 2. The van der Waals surface area contributed by atoms with Crippen molar-refractivity contribution in [3.63, 3.8) is 0 Å². The Morgan fingerprint density at radius 2 is 1.78 bits per heavy atom. The monoisotopic (exact) mass is 320 g/mol. The Balaban J connectivity index is 1.77. The van der Waals surface area contributed by atoms with E-state index in [0.717, 1.165) is 32.2 Å². The minimum absolute atomic E-state index is 0.0186. The Morgan fingerprint density at radius 3 is 2.39 bits per heavy atom. The van der Waals surface area contributed by atoms with E-state index >= 15 is 0 Å². The smallest absolute Gasteiger partial charge is 0.227 e. The van der Waals surface area contributed by atoms with E-state index < -0.39 is 0 Å². The van der Waals surface area contributed by atoms with Crippen LogP contribution in [-0.2, 0) is 9.59 Å². The van der Waals surface area contributed by atoms with Crippen LogP contribution in [0, 0.1) is 17.7 Å². The third-order valence-corrected chi connectivity index (χ3v) is 4.39. The molecule has 1 aromatic carbocycles. The van der Waals surface area contributed by atoms with E-state index in [1.54, 1.807) is 12.1 Å². The third-order valence-electron chi connectivity index (χ3n) is 4.39. The zero-order valence-corrected chi connectivity index (χ0v) is 13.6. The van der Waals surface area contributed by atoms with E-state index in [2.05, 4.69) is 17.6 Å². The van der Waals surface area contributed by atoms with Crippen molar-refractivity contribution in [2.45, 2.75) is 45.4 Å². The van der Waals surface area contributed by atoms with Gasteiger partial charge in [0.2, 0.25) is 11.8 Å². The molecular weight excluding hydrogens is 295 g/mol. The lowest BCUT2D eigenvalue weighted by atomic mass is 9.81. The first kappa shape index (κ1) is 17.4. The molecule has 0 atom stereocenters. The first-order chi connectivity index (χ1) is 11.1. The number of unbranched alkanes of at least 4 members (excludes halogenated alkanes) is 1. The number of amides is 2. The maximum atomic E-state index is 13.1. The summed E-state index contributed by atoms with van der Waals surface area (Å²) in [5, 5.41) is 5.72. The van der Waals surface area contributed by atoms with Gasteiger partial charge < -0.3 is 10.6 Å². The first-order valence-electron chi connectivity index (χ1n) is 8.44. The van der Waals surface area contributed by atoms with Crippen LogP contribution in [-0.4, -0.2) is 18.4 Å². The van der Waals surface area contributed by atoms with Gasteiger partial charge in [0, 0.05) is 24.1 Å². The molecule has 1 aromatic rings. The Labute approximate surface area is 136 Å². The van der Waals surface area contributed by atoms with Gasteiger partial charge in [-0.25, -0.2) is 4.39 Å². The molecule has 1 fully saturated rings. The summed E-state index contributed by atoms with van der Waals surface area (Å²) in [5.41, 5.74) is 0.481. The molecule has 0 heterocycles. The van der Waals surface area contributed by atoms with Crippen molar-refractivity contribution in [2.24, 2.45) is 11.8 Å². The van der Waals surface area contributed by atoms with E-state index in [1.165, 1.54) is 12.1 Å². The number of benzene rings is 1. The summed E-state index contributed by atoms with van der Waals surface area (Å²) in [6.07, 6.45) is 4.93. The van der Waals surface area contributed by atoms with Crippen molar-refractivity contribution in [1.82, 2.24) is 5.32 Å². The molecule has 1 aliphatic carbocycles. The van der Waals surface area contributed by atoms with Crippen LogP contribution >= 0.6 is 0 Å². The SMILES string of the molecule is CCCCNC(=O)C1CCC(C(=O)Nc2cccc(F)c2)CC1. The van der Waals surface area contributed by atoms with Crippen LogP contribution in [0.4, 0.5) is 10.1 Å². The summed E-state index contributed by atoms with van der Waals surface area (Å²) in [6.45, 7) is 2.82. The van der Waals surface area contributed by atoms with Gasteiger partial charge in [0.25, 0.3) is 0 Å². The van der Waals surface area contributed by atoms with Crippen LogP contribution in [0.5, 0.6) is 0 Å². The normalized spacial score (nSPS) is 20.8. The van der Waals surface area contributed by atoms with Gasteiger partial charge in [-0.2, -0.15) is 0 Å². The highest BCUT2D eigenvalue weighted by Gasteiger charge is 2.29. The van der Waals surface area contributed by atoms with E-state index in [9.17, 15) is 14.0 Å². The summed E-state index contributed by atoms with van der Waals surface area (Å²) in [4.78, 5) is 24.3. The summed E-state index contributed by atoms with van der Waals surface area (Å²) in [6, 6.07) is 5.90. The van der Waals surface area contributed by atoms with Gasteiger partial charge in [-0.1, -0.05) is 19.4 Å². The summed E-state index contributed by atoms with van der Waals surface area (Å²) in [7, 11) is 0. The molecule has 0 unspecified atom stereocenters. The number of hydrogen-bond donors (Lipinski definition) is 2. The molecule has 2 amide bonds. The number of anilines is 1. The Hall–Kier alpha value is -1.91. The predicted molar refractivity (Wildman–Crippen MR) is 88.4 cm³/mol. The van der Waals surface area contributed by atoms with E-state index in [-0.39, 0.29) is 29.5 Å². The lowest BCUT2D eigenvalue weighted by Crippen LogP contribution is -2.35. The molecule has 0 bridgehead atoms. The highest BCUT2D eigenvalue weighted by Crippen LogP contribution is 2.30. The molecule has 23 heavy (non-hydrogen) atoms. The quantitative estimate of drug-likeness (QED) is 0.788. The van der Waals surface area contributed by atoms with Crippen LogP contribution in [0.2, 0.25) is 0 Å². The fourth-order valence-electron chi connectivity index (χ4n) is 2.96. The minimum Gasteiger partial charge on any atom is -0.356 e. The second kappa shape index (κ2) is 8.65. The summed E-state index contributed by atoms with van der Waals surface area (Å²) in [5.74, 6) is -0.416. The predicted octanol–water partition coefficient (Wildman–Crippen LogP) is 3.49. The zero-order valence-electron chi connectivity index (χ0n) is 13.6. The summed E-state index contributed by atoms with van der Waals surface area (Å²) >= 11 is 0. The Kier molecular flexibility index (Phi) is 6.56. The first-order valence-corrected chi connectivity index (χ1v) is 8.44. The summed E-state index contributed by atoms with van der Waals surface area (Å²) < 4.78 is 13.1. The van der Waals surface area contributed by atoms with Crippen molar-refractivity contribution >= 4 is 17.5 Å². The van der Waals surface area contributed by atoms with Gasteiger partial charge in [-0.15, -0.1) is 0 Å². The molecule has 0 saturated heterocycles. The van der Waals surface area contributed by atoms with Gasteiger partial charge in [-0.3, -0.25) is 9.59 Å². The topological polar surface area (TPSA) is 58.2 Å². The lowest BCUT2D eigenvalue weighted by Gasteiger charge is -2.27. The number of carbonyl (C=O) groups is 2. The number of halogens is 1. The molecule has 2 N–H and O–H groups in total. The largest absolute Gasteiger partial charge is 0.356 e. The fraction of sp³-hybridized carbons (Fsp3) is 0.556. The molecule has 0 radical (unpaired) electrons. The number of rotatable bonds is 6. The minimum atomic E-state index is -0.366. The van der Waals surface area contributed by atoms with Crippen LogP contribution in [0.25, 0.3) is 0 Å². The Morgan fingerprint density at radius 1 is 1.13 bits per heavy atom. The standard InChI is InChI=1S/C18H25FN2O2/c1-2-3-11-20-17(22)13-7-9-14(10-8-13)18(23)21-16-6-4-5-15(19)12-16/h4-6,12-14H,2-3,7-11H2,1H3,(H,20,22)(H,21,23). The maximum Gasteiger partial charge on any atom is 0.227 e. The van der Waals surface area contributed by atoms with E-state index in [0.29, 0.717) is 18.5 Å². The Bertz CT molecular complexity index is 540. The second-order valence-electron chi connectivity index (χ2n) is 6.19. The van der Waals surface area contributed by atoms with Crippen molar-refractivity contribution < 1.29 is 14.0 Å². The molecule has 1 saturated carbocycles. The molecule has 1 aliphatic rings. The molecule has 5 heteroatoms. The highest BCUT2D eigenvalue weighted by atomic mass is 19.1. The van der Waals surface area contributed by atoms with Crippen molar-refractivity contribution in [3.05, 3.63) is 30.1 Å². The maximum absolute atomic E-state index is 13.1. The van der Waals surface area contributed by atoms with Crippen LogP contribution < -0.4 is 10.6 Å². The van der Waals surface area contributed by atoms with Gasteiger partial charge in [0.1, 0.15) is 5.82 Å². The molecule has 4 nitrogen and oxygen atoms in total. The lowest BCUT2D eigenvalue weighted by molar-refractivity contribution is -0.128. The molecular formula is C18H25FN2O2. The average molecular weight is 320 g/mol. The van der Waals surface area contributed by atoms with Gasteiger partial charge >= 0.3 is 0 Å². The third kappa shape index (κ3) is 5.34. The zero-order chi connectivity index (χ0) is 16.7. The molecule has 0 aliphatic heterocycles. The molecule has 2 rings (SSSR count). The van der Waals surface area contributed by atoms with Crippen molar-refractivity contribution in [1.29, 1.82) is 0 Å². The fourth-order valence-corrected chi connectivity index (χ4v) is 2.96. The second-order valence-corrected chi connectivity index (χ2v) is 6.19. The number of hydrogen-bond acceptors (Lipinski definition) is 2. The van der Waals surface area contributed by atoms with Gasteiger partial charge in [0.15, 0.2) is 0 Å². The van der Waals surface area contributed by atoms with Crippen LogP contribution in [0.1, 0.15) is 45.4 Å². The molecule has 126 valence electrons. The number of carbonyl (C=O) groups excluding carboxylic acids is 2. The van der Waals surface area contributed by atoms with E-state index in [1.807, 2.05) is 0 Å². The average Bonchev–Trinajstić information content (AvgIpc) is 2.55. The van der Waals surface area contributed by atoms with Crippen molar-refractivity contribution in [2.75, 3.05) is 11.9 Å². The van der Waals surface area contributed by atoms with Gasteiger partial charge in [-0.05, 0) is 50.3 Å². The molecule has 0 spiro atoms. The van der Waals surface area contributed by atoms with Crippen LogP contribution in [0.15, 0.2) is 24.3 Å². The van der Waals surface area contributed by atoms with Crippen LogP contribution in [0.3, 0.4) is 0 Å². The van der Waals surface area contributed by atoms with E-state index in [4.69, 9.17) is 0 Å². The van der Waals surface area contributed by atoms with Crippen molar-refractivity contribution in [3.8, 4) is 0 Å².